The molecule has 25 heavy (non-hydrogen) atoms. The molecule has 8 heteroatoms. The maximum atomic E-state index is 6.63. The maximum absolute atomic E-state index is 6.63. The van der Waals surface area contributed by atoms with Gasteiger partial charge < -0.3 is 17.1 Å². The van der Waals surface area contributed by atoms with Crippen molar-refractivity contribution >= 4 is 33.8 Å². The van der Waals surface area contributed by atoms with E-state index in [-0.39, 0.29) is 0 Å². The topological polar surface area (TPSA) is 36.9 Å². The van der Waals surface area contributed by atoms with Crippen molar-refractivity contribution in [2.75, 3.05) is 13.2 Å². The molecule has 0 aliphatic heterocycles. The highest BCUT2D eigenvalue weighted by Crippen LogP contribution is 2.27. The molecule has 1 atom stereocenters. The Bertz CT molecular complexity index is 341. The summed E-state index contributed by atoms with van der Waals surface area (Å²) in [4.78, 5) is 0. The fraction of sp³-hybridized carbons (Fsp3) is 1.00. The Balaban J connectivity index is 0. The average Bonchev–Trinajstić information content (AvgIpc) is 2.34. The monoisotopic (exact) mass is 426 g/mol. The molecular weight excluding hydrogens is 381 g/mol. The van der Waals surface area contributed by atoms with E-state index >= 15 is 0 Å². The Morgan fingerprint density at radius 2 is 1.12 bits per heavy atom. The maximum Gasteiger partial charge on any atom is 0.315 e. The lowest BCUT2D eigenvalue weighted by Crippen LogP contribution is -2.56. The second-order valence-electron chi connectivity index (χ2n) is 8.78. The molecular formula is C17H46O4Si4. The zero-order chi connectivity index (χ0) is 20.4. The van der Waals surface area contributed by atoms with Crippen molar-refractivity contribution in [3.8, 4) is 0 Å². The average molecular weight is 427 g/mol. The van der Waals surface area contributed by atoms with Gasteiger partial charge in [-0.3, -0.25) is 0 Å². The first-order valence-corrected chi connectivity index (χ1v) is 22.0. The van der Waals surface area contributed by atoms with E-state index in [9.17, 15) is 0 Å². The van der Waals surface area contributed by atoms with E-state index in [1.807, 2.05) is 13.8 Å². The first kappa shape index (κ1) is 27.9. The molecule has 0 radical (unpaired) electrons. The molecule has 0 spiro atoms. The molecule has 0 aromatic rings. The molecule has 0 N–H and O–H groups in total. The molecule has 0 rings (SSSR count). The molecule has 1 unspecified atom stereocenters. The van der Waals surface area contributed by atoms with Crippen molar-refractivity contribution in [3.05, 3.63) is 0 Å². The highest BCUT2D eigenvalue weighted by molar-refractivity contribution is 6.89. The van der Waals surface area contributed by atoms with Crippen LogP contribution in [0.1, 0.15) is 33.6 Å². The van der Waals surface area contributed by atoms with E-state index < -0.39 is 33.8 Å². The van der Waals surface area contributed by atoms with Gasteiger partial charge in [0, 0.05) is 13.2 Å². The molecule has 0 saturated heterocycles. The van der Waals surface area contributed by atoms with Crippen LogP contribution in [-0.2, 0) is 17.1 Å². The van der Waals surface area contributed by atoms with Crippen LogP contribution < -0.4 is 0 Å². The summed E-state index contributed by atoms with van der Waals surface area (Å²) in [5.41, 5.74) is 0. The highest BCUT2D eigenvalue weighted by Gasteiger charge is 2.44. The summed E-state index contributed by atoms with van der Waals surface area (Å²) < 4.78 is 25.2. The molecule has 0 saturated carbocycles. The zero-order valence-corrected chi connectivity index (χ0v) is 23.2. The van der Waals surface area contributed by atoms with E-state index in [4.69, 9.17) is 17.1 Å². The Hall–Kier alpha value is 0.708. The molecule has 0 aromatic heterocycles. The van der Waals surface area contributed by atoms with Crippen LogP contribution >= 0.6 is 0 Å². The van der Waals surface area contributed by atoms with Crippen molar-refractivity contribution in [2.45, 2.75) is 98.6 Å². The van der Waals surface area contributed by atoms with E-state index in [0.717, 1.165) is 32.1 Å². The van der Waals surface area contributed by atoms with E-state index in [1.54, 1.807) is 0 Å². The van der Waals surface area contributed by atoms with Gasteiger partial charge in [-0.05, 0) is 77.8 Å². The van der Waals surface area contributed by atoms with Crippen molar-refractivity contribution in [1.29, 1.82) is 0 Å². The molecule has 0 heterocycles. The molecule has 154 valence electrons. The summed E-state index contributed by atoms with van der Waals surface area (Å²) >= 11 is 0. The summed E-state index contributed by atoms with van der Waals surface area (Å²) in [6, 6.07) is 0.979. The Morgan fingerprint density at radius 3 is 1.52 bits per heavy atom. The zero-order valence-electron chi connectivity index (χ0n) is 19.2. The quantitative estimate of drug-likeness (QED) is 0.270. The van der Waals surface area contributed by atoms with Gasteiger partial charge in [-0.2, -0.15) is 0 Å². The number of hydrogen-bond acceptors (Lipinski definition) is 4. The van der Waals surface area contributed by atoms with Crippen LogP contribution in [0.2, 0.25) is 65.0 Å². The fourth-order valence-corrected chi connectivity index (χ4v) is 20.7. The first-order chi connectivity index (χ1) is 11.2. The van der Waals surface area contributed by atoms with Crippen LogP contribution in [0.3, 0.4) is 0 Å². The minimum absolute atomic E-state index is 0.797. The summed E-state index contributed by atoms with van der Waals surface area (Å²) in [7, 11) is -7.67. The third kappa shape index (κ3) is 17.9. The second-order valence-corrected chi connectivity index (χ2v) is 25.2. The predicted octanol–water partition coefficient (Wildman–Crippen LogP) is 6.32. The van der Waals surface area contributed by atoms with Gasteiger partial charge in [-0.1, -0.05) is 20.8 Å². The normalized spacial score (nSPS) is 15.4. The summed E-state index contributed by atoms with van der Waals surface area (Å²) in [6.45, 7) is 27.7. The minimum atomic E-state index is -2.24. The van der Waals surface area contributed by atoms with Crippen LogP contribution in [-0.4, -0.2) is 47.0 Å². The van der Waals surface area contributed by atoms with Gasteiger partial charge in [0.05, 0.1) is 0 Å². The molecule has 0 aliphatic carbocycles. The fourth-order valence-electron chi connectivity index (χ4n) is 2.79. The molecule has 0 fully saturated rings. The number of rotatable bonds is 12. The van der Waals surface area contributed by atoms with Gasteiger partial charge in [0.25, 0.3) is 0 Å². The predicted molar refractivity (Wildman–Crippen MR) is 121 cm³/mol. The van der Waals surface area contributed by atoms with Gasteiger partial charge in [0.2, 0.25) is 0 Å². The molecule has 0 aliphatic rings. The van der Waals surface area contributed by atoms with E-state index in [0.29, 0.717) is 0 Å². The first-order valence-electron chi connectivity index (χ1n) is 9.86. The van der Waals surface area contributed by atoms with Crippen LogP contribution in [0.25, 0.3) is 0 Å². The second kappa shape index (κ2) is 12.2. The SMILES string of the molecule is CC.CCCOCCC[Si](C)(O[Si](C)(C)C)O[Si](C)(C)O[Si](C)(C)C. The molecule has 0 amide bonds. The van der Waals surface area contributed by atoms with Crippen molar-refractivity contribution in [1.82, 2.24) is 0 Å². The molecule has 0 aromatic carbocycles. The van der Waals surface area contributed by atoms with Crippen molar-refractivity contribution in [2.24, 2.45) is 0 Å². The Labute approximate surface area is 162 Å². The molecule has 4 nitrogen and oxygen atoms in total. The lowest BCUT2D eigenvalue weighted by Gasteiger charge is -2.41. The van der Waals surface area contributed by atoms with Crippen LogP contribution in [0.15, 0.2) is 0 Å². The summed E-state index contributed by atoms with van der Waals surface area (Å²) in [6.07, 6.45) is 2.07. The number of hydrogen-bond donors (Lipinski definition) is 0. The van der Waals surface area contributed by atoms with Crippen molar-refractivity contribution in [3.63, 3.8) is 0 Å². The largest absolute Gasteiger partial charge is 0.437 e. The van der Waals surface area contributed by atoms with Crippen molar-refractivity contribution < 1.29 is 17.1 Å². The molecule has 0 bridgehead atoms. The number of ether oxygens (including phenoxy) is 1. The van der Waals surface area contributed by atoms with Crippen LogP contribution in [0, 0.1) is 0 Å². The Kier molecular flexibility index (Phi) is 13.7. The minimum Gasteiger partial charge on any atom is -0.437 e. The van der Waals surface area contributed by atoms with E-state index in [2.05, 4.69) is 65.8 Å². The Morgan fingerprint density at radius 1 is 0.640 bits per heavy atom. The summed E-state index contributed by atoms with van der Waals surface area (Å²) in [5.74, 6) is 0. The van der Waals surface area contributed by atoms with Crippen LogP contribution in [0.4, 0.5) is 0 Å². The van der Waals surface area contributed by atoms with Gasteiger partial charge >= 0.3 is 17.1 Å². The van der Waals surface area contributed by atoms with Gasteiger partial charge in [-0.25, -0.2) is 0 Å². The van der Waals surface area contributed by atoms with Gasteiger partial charge in [-0.15, -0.1) is 0 Å². The standard InChI is InChI=1S/C15H40O4Si4.C2H6/c1-11-13-16-14-12-15-23(10,18-21(5,6)7)19-22(8,9)17-20(2,3)4;1-2/h11-15H2,1-10H3;1-2H3. The third-order valence-corrected chi connectivity index (χ3v) is 16.4. The lowest BCUT2D eigenvalue weighted by atomic mass is 10.5. The summed E-state index contributed by atoms with van der Waals surface area (Å²) in [5, 5.41) is 0. The lowest BCUT2D eigenvalue weighted by molar-refractivity contribution is 0.133. The highest BCUT2D eigenvalue weighted by atomic mass is 28.5. The van der Waals surface area contributed by atoms with Gasteiger partial charge in [0.1, 0.15) is 0 Å². The van der Waals surface area contributed by atoms with Gasteiger partial charge in [0.15, 0.2) is 16.6 Å². The third-order valence-electron chi connectivity index (χ3n) is 2.80. The smallest absolute Gasteiger partial charge is 0.315 e. The van der Waals surface area contributed by atoms with Crippen LogP contribution in [0.5, 0.6) is 0 Å². The van der Waals surface area contributed by atoms with E-state index in [1.165, 1.54) is 0 Å².